The fourth-order valence-electron chi connectivity index (χ4n) is 7.44. The minimum atomic E-state index is 0.905. The van der Waals surface area contributed by atoms with Gasteiger partial charge in [0.1, 0.15) is 11.2 Å². The van der Waals surface area contributed by atoms with Gasteiger partial charge in [-0.2, -0.15) is 0 Å². The lowest BCUT2D eigenvalue weighted by Gasteiger charge is -2.27. The van der Waals surface area contributed by atoms with Crippen molar-refractivity contribution in [2.45, 2.75) is 0 Å². The molecule has 0 N–H and O–H groups in total. The third kappa shape index (κ3) is 5.10. The molecule has 2 nitrogen and oxygen atoms in total. The molecule has 0 radical (unpaired) electrons. The molecule has 0 saturated carbocycles. The molecule has 0 aliphatic carbocycles. The quantitative estimate of drug-likeness (QED) is 0.175. The molecule has 240 valence electrons. The number of benzene rings is 8. The highest BCUT2D eigenvalue weighted by Crippen LogP contribution is 2.48. The van der Waals surface area contributed by atoms with E-state index in [0.717, 1.165) is 50.1 Å². The van der Waals surface area contributed by atoms with Gasteiger partial charge in [-0.25, -0.2) is 0 Å². The molecule has 0 saturated heterocycles. The van der Waals surface area contributed by atoms with E-state index in [2.05, 4.69) is 181 Å². The van der Waals surface area contributed by atoms with Crippen molar-refractivity contribution in [3.8, 4) is 33.4 Å². The highest BCUT2D eigenvalue weighted by atomic mass is 32.1. The first-order valence-electron chi connectivity index (χ1n) is 17.3. The third-order valence-electron chi connectivity index (χ3n) is 9.88. The summed E-state index contributed by atoms with van der Waals surface area (Å²) in [5, 5.41) is 4.86. The van der Waals surface area contributed by atoms with Gasteiger partial charge in [-0.05, 0) is 88.0 Å². The molecule has 10 rings (SSSR count). The van der Waals surface area contributed by atoms with E-state index in [1.807, 2.05) is 23.5 Å². The maximum Gasteiger partial charge on any atom is 0.136 e. The lowest BCUT2D eigenvalue weighted by Crippen LogP contribution is -2.10. The van der Waals surface area contributed by atoms with Crippen molar-refractivity contribution < 1.29 is 4.42 Å². The Balaban J connectivity index is 1.16. The molecule has 2 heterocycles. The Kier molecular flexibility index (Phi) is 7.04. The van der Waals surface area contributed by atoms with Gasteiger partial charge in [0, 0.05) is 37.6 Å². The van der Waals surface area contributed by atoms with Crippen LogP contribution in [0.3, 0.4) is 0 Å². The van der Waals surface area contributed by atoms with Crippen LogP contribution in [0.1, 0.15) is 0 Å². The number of furan rings is 1. The molecule has 3 heteroatoms. The van der Waals surface area contributed by atoms with Crippen LogP contribution in [0.4, 0.5) is 17.1 Å². The fraction of sp³-hybridized carbons (Fsp3) is 0. The van der Waals surface area contributed by atoms with E-state index in [4.69, 9.17) is 4.42 Å². The summed E-state index contributed by atoms with van der Waals surface area (Å²) in [5.74, 6) is 0. The minimum Gasteiger partial charge on any atom is -0.456 e. The molecule has 0 aliphatic rings. The zero-order valence-electron chi connectivity index (χ0n) is 27.7. The van der Waals surface area contributed by atoms with Crippen molar-refractivity contribution in [2.24, 2.45) is 0 Å². The Morgan fingerprint density at radius 2 is 1.02 bits per heavy atom. The van der Waals surface area contributed by atoms with E-state index in [-0.39, 0.29) is 0 Å². The van der Waals surface area contributed by atoms with E-state index in [0.29, 0.717) is 0 Å². The van der Waals surface area contributed by atoms with E-state index < -0.39 is 0 Å². The minimum absolute atomic E-state index is 0.905. The number of para-hydroxylation sites is 1. The van der Waals surface area contributed by atoms with Crippen LogP contribution in [-0.2, 0) is 0 Å². The first-order chi connectivity index (χ1) is 25.3. The Bertz CT molecular complexity index is 2850. The lowest BCUT2D eigenvalue weighted by atomic mass is 9.98. The zero-order valence-corrected chi connectivity index (χ0v) is 28.5. The van der Waals surface area contributed by atoms with Crippen LogP contribution in [-0.4, -0.2) is 0 Å². The topological polar surface area (TPSA) is 16.4 Å². The van der Waals surface area contributed by atoms with Gasteiger partial charge in [0.25, 0.3) is 0 Å². The normalized spacial score (nSPS) is 11.5. The van der Waals surface area contributed by atoms with Gasteiger partial charge in [0.2, 0.25) is 0 Å². The van der Waals surface area contributed by atoms with Crippen molar-refractivity contribution in [1.82, 2.24) is 0 Å². The van der Waals surface area contributed by atoms with E-state index in [9.17, 15) is 0 Å². The zero-order chi connectivity index (χ0) is 33.7. The molecule has 51 heavy (non-hydrogen) atoms. The Morgan fingerprint density at radius 1 is 0.392 bits per heavy atom. The summed E-state index contributed by atoms with van der Waals surface area (Å²) in [6, 6.07) is 67.4. The Morgan fingerprint density at radius 3 is 1.84 bits per heavy atom. The van der Waals surface area contributed by atoms with E-state index >= 15 is 0 Å². The molecule has 0 aliphatic heterocycles. The van der Waals surface area contributed by atoms with Gasteiger partial charge < -0.3 is 9.32 Å². The Hall–Kier alpha value is -6.42. The third-order valence-corrected chi connectivity index (χ3v) is 11.1. The van der Waals surface area contributed by atoms with Crippen LogP contribution in [0.2, 0.25) is 0 Å². The van der Waals surface area contributed by atoms with Crippen LogP contribution in [0.15, 0.2) is 192 Å². The summed E-state index contributed by atoms with van der Waals surface area (Å²) in [5.41, 5.74) is 12.3. The molecule has 0 amide bonds. The number of anilines is 3. The number of hydrogen-bond donors (Lipinski definition) is 0. The first-order valence-corrected chi connectivity index (χ1v) is 18.1. The largest absolute Gasteiger partial charge is 0.456 e. The van der Waals surface area contributed by atoms with Crippen LogP contribution in [0, 0.1) is 0 Å². The molecule has 0 bridgehead atoms. The molecular weight excluding hydrogens is 639 g/mol. The van der Waals surface area contributed by atoms with Crippen LogP contribution >= 0.6 is 11.3 Å². The lowest BCUT2D eigenvalue weighted by molar-refractivity contribution is 0.669. The first kappa shape index (κ1) is 29.5. The van der Waals surface area contributed by atoms with Crippen LogP contribution in [0.5, 0.6) is 0 Å². The van der Waals surface area contributed by atoms with Gasteiger partial charge in [-0.15, -0.1) is 11.3 Å². The highest BCUT2D eigenvalue weighted by molar-refractivity contribution is 7.26. The monoisotopic (exact) mass is 669 g/mol. The molecule has 0 unspecified atom stereocenters. The van der Waals surface area contributed by atoms with Gasteiger partial charge in [-0.3, -0.25) is 0 Å². The number of fused-ring (bicyclic) bond motifs is 6. The van der Waals surface area contributed by atoms with Gasteiger partial charge >= 0.3 is 0 Å². The van der Waals surface area contributed by atoms with Crippen molar-refractivity contribution in [1.29, 1.82) is 0 Å². The summed E-state index contributed by atoms with van der Waals surface area (Å²) in [6.07, 6.45) is 0. The van der Waals surface area contributed by atoms with Crippen LogP contribution in [0.25, 0.3) is 75.5 Å². The molecule has 2 aromatic heterocycles. The average molecular weight is 670 g/mol. The van der Waals surface area contributed by atoms with Crippen molar-refractivity contribution in [2.75, 3.05) is 4.90 Å². The summed E-state index contributed by atoms with van der Waals surface area (Å²) in [6.45, 7) is 0. The predicted octanol–water partition coefficient (Wildman–Crippen LogP) is 14.4. The van der Waals surface area contributed by atoms with Gasteiger partial charge in [0.05, 0.1) is 10.4 Å². The van der Waals surface area contributed by atoms with Crippen molar-refractivity contribution in [3.63, 3.8) is 0 Å². The number of rotatable bonds is 6. The van der Waals surface area contributed by atoms with Crippen molar-refractivity contribution >= 4 is 70.5 Å². The molecule has 0 spiro atoms. The maximum atomic E-state index is 6.24. The molecule has 10 aromatic rings. The summed E-state index contributed by atoms with van der Waals surface area (Å²) >= 11 is 1.87. The second-order valence-electron chi connectivity index (χ2n) is 12.9. The number of thiophene rings is 1. The molecule has 0 atom stereocenters. The van der Waals surface area contributed by atoms with Gasteiger partial charge in [-0.1, -0.05) is 133 Å². The van der Waals surface area contributed by atoms with Crippen LogP contribution < -0.4 is 4.90 Å². The van der Waals surface area contributed by atoms with E-state index in [1.54, 1.807) is 0 Å². The molecule has 8 aromatic carbocycles. The summed E-state index contributed by atoms with van der Waals surface area (Å²) < 4.78 is 8.79. The summed E-state index contributed by atoms with van der Waals surface area (Å²) in [7, 11) is 0. The predicted molar refractivity (Wildman–Crippen MR) is 218 cm³/mol. The highest BCUT2D eigenvalue weighted by Gasteiger charge is 2.21. The van der Waals surface area contributed by atoms with Crippen molar-refractivity contribution in [3.05, 3.63) is 188 Å². The molecular formula is C48H31NOS. The maximum absolute atomic E-state index is 6.24. The average Bonchev–Trinajstić information content (AvgIpc) is 3.78. The number of nitrogens with zero attached hydrogens (tertiary/aromatic N) is 1. The SMILES string of the molecule is c1ccc(-c2cccc(N(c3ccc(-c4ccc5c(c4)oc4ccccc45)cc3)c3ccc(-c4ccccc4)c4c3sc3ccccc34)c2)cc1. The smallest absolute Gasteiger partial charge is 0.136 e. The second kappa shape index (κ2) is 12.2. The Labute approximate surface area is 300 Å². The summed E-state index contributed by atoms with van der Waals surface area (Å²) in [4.78, 5) is 2.42. The molecule has 0 fully saturated rings. The second-order valence-corrected chi connectivity index (χ2v) is 14.0. The van der Waals surface area contributed by atoms with Gasteiger partial charge in [0.15, 0.2) is 0 Å². The number of hydrogen-bond acceptors (Lipinski definition) is 3. The van der Waals surface area contributed by atoms with E-state index in [1.165, 1.54) is 42.4 Å². The fourth-order valence-corrected chi connectivity index (χ4v) is 8.67. The standard InChI is InChI=1S/C48H31NOS/c1-3-12-32(13-4-1)35-16-11-17-38(30-35)49(37-25-22-33(23-26-37)36-24-27-41-40-18-7-9-20-44(40)50-45(41)31-36)43-29-28-39(34-14-5-2-6-15-34)47-42-19-8-10-21-46(42)51-48(43)47/h1-31H.